The van der Waals surface area contributed by atoms with E-state index in [1.807, 2.05) is 0 Å². The number of nitrogens with one attached hydrogen (secondary N) is 2. The topological polar surface area (TPSA) is 93.5 Å². The number of ether oxygens (including phenoxy) is 1. The highest BCUT2D eigenvalue weighted by Gasteiger charge is 2.69. The minimum atomic E-state index is -0.598. The Bertz CT molecular complexity index is 1030. The van der Waals surface area contributed by atoms with Gasteiger partial charge in [0.25, 0.3) is 11.8 Å². The van der Waals surface area contributed by atoms with Gasteiger partial charge in [-0.1, -0.05) is 30.9 Å². The minimum absolute atomic E-state index is 0.00134. The molecular weight excluding hydrogens is 437 g/mol. The Morgan fingerprint density at radius 1 is 1.16 bits per heavy atom. The highest BCUT2D eigenvalue weighted by molar-refractivity contribution is 6.30. The molecule has 4 fully saturated rings. The van der Waals surface area contributed by atoms with Crippen LogP contribution in [0.15, 0.2) is 28.8 Å². The summed E-state index contributed by atoms with van der Waals surface area (Å²) in [5, 5.41) is 6.02. The molecular formula is C23H25ClFN3O4. The van der Waals surface area contributed by atoms with Crippen LogP contribution in [0.5, 0.6) is 5.75 Å². The highest BCUT2D eigenvalue weighted by atomic mass is 35.5. The molecule has 2 amide bonds. The van der Waals surface area contributed by atoms with Crippen molar-refractivity contribution in [3.05, 3.63) is 46.9 Å². The molecule has 0 spiro atoms. The molecule has 1 heterocycles. The second-order valence-electron chi connectivity index (χ2n) is 9.36. The molecule has 6 rings (SSSR count). The summed E-state index contributed by atoms with van der Waals surface area (Å²) in [4.78, 5) is 29.2. The van der Waals surface area contributed by atoms with Gasteiger partial charge in [-0.05, 0) is 44.2 Å². The number of carbonyl (C=O) groups is 2. The first-order valence-electron chi connectivity index (χ1n) is 11.0. The molecule has 4 saturated carbocycles. The van der Waals surface area contributed by atoms with Crippen molar-refractivity contribution in [3.63, 3.8) is 0 Å². The molecule has 1 aromatic heterocycles. The lowest BCUT2D eigenvalue weighted by Gasteiger charge is -2.70. The van der Waals surface area contributed by atoms with Crippen molar-refractivity contribution >= 4 is 23.4 Å². The van der Waals surface area contributed by atoms with E-state index in [9.17, 15) is 14.0 Å². The number of rotatable bonds is 7. The average Bonchev–Trinajstić information content (AvgIpc) is 3.23. The third-order valence-electron chi connectivity index (χ3n) is 6.78. The number of nitrogens with zero attached hydrogens (tertiary/aromatic N) is 1. The maximum atomic E-state index is 13.5. The van der Waals surface area contributed by atoms with E-state index in [0.717, 1.165) is 18.9 Å². The van der Waals surface area contributed by atoms with Crippen molar-refractivity contribution in [1.29, 1.82) is 0 Å². The van der Waals surface area contributed by atoms with E-state index in [-0.39, 0.29) is 46.0 Å². The van der Waals surface area contributed by atoms with Crippen LogP contribution in [0.4, 0.5) is 4.39 Å². The van der Waals surface area contributed by atoms with Gasteiger partial charge in [0.15, 0.2) is 12.5 Å². The Morgan fingerprint density at radius 2 is 1.88 bits per heavy atom. The summed E-state index contributed by atoms with van der Waals surface area (Å²) < 4.78 is 24.5. The standard InChI is InChI=1S/C23H25ClFN3O4/c24-16-7-6-15(8-17(16)25)31-10-19(29)27-22-11-23(12-22,13-22)28-20(30)18-9-26-21(32-18)14-4-2-1-3-5-14/h6-9,14H,1-5,10-13H2,(H,27,29)(H,28,30). The predicted molar refractivity (Wildman–Crippen MR) is 114 cm³/mol. The first kappa shape index (κ1) is 21.2. The number of benzene rings is 1. The summed E-state index contributed by atoms with van der Waals surface area (Å²) in [6.45, 7) is -0.218. The van der Waals surface area contributed by atoms with E-state index < -0.39 is 5.82 Å². The van der Waals surface area contributed by atoms with Crippen LogP contribution in [0.2, 0.25) is 5.02 Å². The predicted octanol–water partition coefficient (Wildman–Crippen LogP) is 4.11. The van der Waals surface area contributed by atoms with Crippen LogP contribution in [0, 0.1) is 5.82 Å². The van der Waals surface area contributed by atoms with Gasteiger partial charge in [0, 0.05) is 23.1 Å². The summed E-state index contributed by atoms with van der Waals surface area (Å²) >= 11 is 5.64. The second-order valence-corrected chi connectivity index (χ2v) is 9.76. The molecule has 9 heteroatoms. The number of hydrogen-bond acceptors (Lipinski definition) is 5. The zero-order valence-electron chi connectivity index (χ0n) is 17.6. The normalized spacial score (nSPS) is 26.6. The lowest BCUT2D eigenvalue weighted by Crippen LogP contribution is -2.84. The smallest absolute Gasteiger partial charge is 0.289 e. The summed E-state index contributed by atoms with van der Waals surface area (Å²) in [7, 11) is 0. The van der Waals surface area contributed by atoms with Gasteiger partial charge in [-0.25, -0.2) is 9.37 Å². The molecule has 7 nitrogen and oxygen atoms in total. The number of oxazole rings is 1. The van der Waals surface area contributed by atoms with Crippen molar-refractivity contribution in [2.24, 2.45) is 0 Å². The molecule has 0 aliphatic heterocycles. The number of amides is 2. The van der Waals surface area contributed by atoms with Gasteiger partial charge in [-0.15, -0.1) is 0 Å². The van der Waals surface area contributed by atoms with Gasteiger partial charge in [-0.2, -0.15) is 0 Å². The molecule has 4 aliphatic rings. The van der Waals surface area contributed by atoms with E-state index >= 15 is 0 Å². The van der Waals surface area contributed by atoms with Crippen LogP contribution in [0.1, 0.15) is 73.7 Å². The maximum Gasteiger partial charge on any atom is 0.289 e. The maximum absolute atomic E-state index is 13.5. The molecule has 2 bridgehead atoms. The third-order valence-corrected chi connectivity index (χ3v) is 7.08. The van der Waals surface area contributed by atoms with E-state index in [1.165, 1.54) is 37.6 Å². The van der Waals surface area contributed by atoms with E-state index in [2.05, 4.69) is 15.6 Å². The van der Waals surface area contributed by atoms with Crippen molar-refractivity contribution < 1.29 is 23.1 Å². The molecule has 0 atom stereocenters. The average molecular weight is 462 g/mol. The molecule has 2 N–H and O–H groups in total. The van der Waals surface area contributed by atoms with Gasteiger partial charge < -0.3 is 19.8 Å². The largest absolute Gasteiger partial charge is 0.484 e. The summed E-state index contributed by atoms with van der Waals surface area (Å²) in [6.07, 6.45) is 9.22. The number of halogens is 2. The zero-order valence-corrected chi connectivity index (χ0v) is 18.3. The summed E-state index contributed by atoms with van der Waals surface area (Å²) in [5.41, 5.74) is -0.615. The zero-order chi connectivity index (χ0) is 22.3. The van der Waals surface area contributed by atoms with E-state index in [4.69, 9.17) is 20.8 Å². The Morgan fingerprint density at radius 3 is 2.59 bits per heavy atom. The molecule has 1 aromatic carbocycles. The molecule has 170 valence electrons. The van der Waals surface area contributed by atoms with Crippen LogP contribution < -0.4 is 15.4 Å². The summed E-state index contributed by atoms with van der Waals surface area (Å²) in [6, 6.07) is 4.03. The van der Waals surface area contributed by atoms with Crippen molar-refractivity contribution in [1.82, 2.24) is 15.6 Å². The highest BCUT2D eigenvalue weighted by Crippen LogP contribution is 2.60. The Kier molecular flexibility index (Phi) is 5.35. The van der Waals surface area contributed by atoms with Gasteiger partial charge >= 0.3 is 0 Å². The fourth-order valence-electron chi connectivity index (χ4n) is 5.33. The van der Waals surface area contributed by atoms with Crippen molar-refractivity contribution in [3.8, 4) is 5.75 Å². The Hall–Kier alpha value is -2.61. The van der Waals surface area contributed by atoms with Crippen LogP contribution >= 0.6 is 11.6 Å². The first-order chi connectivity index (χ1) is 15.4. The van der Waals surface area contributed by atoms with E-state index in [0.29, 0.717) is 31.1 Å². The van der Waals surface area contributed by atoms with Crippen LogP contribution in [0.3, 0.4) is 0 Å². The lowest BCUT2D eigenvalue weighted by atomic mass is 9.44. The molecule has 0 saturated heterocycles. The molecule has 4 aliphatic carbocycles. The van der Waals surface area contributed by atoms with Gasteiger partial charge in [0.1, 0.15) is 11.6 Å². The molecule has 32 heavy (non-hydrogen) atoms. The van der Waals surface area contributed by atoms with Gasteiger partial charge in [-0.3, -0.25) is 9.59 Å². The molecule has 0 unspecified atom stereocenters. The summed E-state index contributed by atoms with van der Waals surface area (Å²) in [5.74, 6) is 0.320. The number of carbonyl (C=O) groups excluding carboxylic acids is 2. The number of aromatic nitrogens is 1. The first-order valence-corrected chi connectivity index (χ1v) is 11.4. The number of hydrogen-bond donors (Lipinski definition) is 2. The molecule has 0 radical (unpaired) electrons. The van der Waals surface area contributed by atoms with Crippen LogP contribution in [-0.4, -0.2) is 34.5 Å². The van der Waals surface area contributed by atoms with Crippen LogP contribution in [-0.2, 0) is 4.79 Å². The Balaban J connectivity index is 1.08. The van der Waals surface area contributed by atoms with Gasteiger partial charge in [0.05, 0.1) is 11.2 Å². The van der Waals surface area contributed by atoms with Crippen LogP contribution in [0.25, 0.3) is 0 Å². The van der Waals surface area contributed by atoms with E-state index in [1.54, 1.807) is 0 Å². The Labute approximate surface area is 190 Å². The second kappa shape index (κ2) is 8.06. The van der Waals surface area contributed by atoms with Gasteiger partial charge in [0.2, 0.25) is 5.76 Å². The minimum Gasteiger partial charge on any atom is -0.484 e. The fourth-order valence-corrected chi connectivity index (χ4v) is 5.45. The quantitative estimate of drug-likeness (QED) is 0.647. The monoisotopic (exact) mass is 461 g/mol. The van der Waals surface area contributed by atoms with Crippen molar-refractivity contribution in [2.45, 2.75) is 68.4 Å². The lowest BCUT2D eigenvalue weighted by molar-refractivity contribution is -0.141. The SMILES string of the molecule is O=C(COc1ccc(Cl)c(F)c1)NC12CC(NC(=O)c3cnc(C4CCCCC4)o3)(C1)C2. The molecule has 2 aromatic rings. The fraction of sp³-hybridized carbons (Fsp3) is 0.522. The van der Waals surface area contributed by atoms with Crippen molar-refractivity contribution in [2.75, 3.05) is 6.61 Å². The third kappa shape index (κ3) is 4.08.